The average Bonchev–Trinajstić information content (AvgIpc) is 3.01. The molecule has 160 valence electrons. The molecule has 0 unspecified atom stereocenters. The molecule has 8 heteroatoms. The van der Waals surface area contributed by atoms with Gasteiger partial charge in [-0.05, 0) is 56.7 Å². The molecule has 0 saturated heterocycles. The molecule has 6 nitrogen and oxygen atoms in total. The van der Waals surface area contributed by atoms with Gasteiger partial charge in [-0.15, -0.1) is 0 Å². The maximum absolute atomic E-state index is 13.4. The Labute approximate surface area is 189 Å². The smallest absolute Gasteiger partial charge is 0.235 e. The standard InChI is InChI=1S/C24H20FN5OS/c1-14-15(2)30(18-10-8-17(25)9-11-18)23(20(14)12-26)29-22(31)13-32-24-19-6-4-5-7-21(19)27-16(3)28-24/h4-11H,13H2,1-3H3,(H,29,31). The zero-order chi connectivity index (χ0) is 22.8. The minimum Gasteiger partial charge on any atom is -0.310 e. The van der Waals surface area contributed by atoms with Gasteiger partial charge >= 0.3 is 0 Å². The van der Waals surface area contributed by atoms with Gasteiger partial charge in [-0.25, -0.2) is 14.4 Å². The zero-order valence-electron chi connectivity index (χ0n) is 17.8. The van der Waals surface area contributed by atoms with E-state index in [1.807, 2.05) is 45.0 Å². The summed E-state index contributed by atoms with van der Waals surface area (Å²) in [4.78, 5) is 21.8. The fourth-order valence-electron chi connectivity index (χ4n) is 3.54. The number of halogens is 1. The van der Waals surface area contributed by atoms with Gasteiger partial charge in [0, 0.05) is 16.8 Å². The highest BCUT2D eigenvalue weighted by molar-refractivity contribution is 8.00. The topological polar surface area (TPSA) is 83.6 Å². The highest BCUT2D eigenvalue weighted by Crippen LogP contribution is 2.31. The van der Waals surface area contributed by atoms with Crippen LogP contribution in [0.15, 0.2) is 53.6 Å². The Balaban J connectivity index is 1.62. The number of nitriles is 1. The molecule has 0 spiro atoms. The quantitative estimate of drug-likeness (QED) is 0.342. The van der Waals surface area contributed by atoms with Crippen molar-refractivity contribution in [2.24, 2.45) is 0 Å². The van der Waals surface area contributed by atoms with Gasteiger partial charge < -0.3 is 5.32 Å². The first-order valence-corrected chi connectivity index (χ1v) is 10.9. The fourth-order valence-corrected chi connectivity index (χ4v) is 4.41. The number of hydrogen-bond acceptors (Lipinski definition) is 5. The first-order chi connectivity index (χ1) is 15.4. The number of carbonyl (C=O) groups excluding carboxylic acids is 1. The molecule has 1 amide bonds. The predicted octanol–water partition coefficient (Wildman–Crippen LogP) is 5.09. The molecule has 2 aromatic carbocycles. The van der Waals surface area contributed by atoms with Crippen LogP contribution in [0.25, 0.3) is 16.6 Å². The van der Waals surface area contributed by atoms with Crippen LogP contribution in [0.4, 0.5) is 10.2 Å². The number of amides is 1. The second-order valence-corrected chi connectivity index (χ2v) is 8.25. The molecule has 0 aliphatic carbocycles. The number of hydrogen-bond donors (Lipinski definition) is 1. The fraction of sp³-hybridized carbons (Fsp3) is 0.167. The van der Waals surface area contributed by atoms with E-state index in [0.717, 1.165) is 27.2 Å². The van der Waals surface area contributed by atoms with E-state index in [4.69, 9.17) is 0 Å². The van der Waals surface area contributed by atoms with E-state index in [2.05, 4.69) is 21.4 Å². The number of thioether (sulfide) groups is 1. The van der Waals surface area contributed by atoms with Crippen molar-refractivity contribution in [3.8, 4) is 11.8 Å². The molecule has 0 bridgehead atoms. The van der Waals surface area contributed by atoms with E-state index in [1.54, 1.807) is 16.7 Å². The molecule has 32 heavy (non-hydrogen) atoms. The van der Waals surface area contributed by atoms with Crippen molar-refractivity contribution in [3.05, 3.63) is 77.0 Å². The monoisotopic (exact) mass is 445 g/mol. The summed E-state index contributed by atoms with van der Waals surface area (Å²) in [6, 6.07) is 15.8. The van der Waals surface area contributed by atoms with Gasteiger partial charge in [-0.1, -0.05) is 30.0 Å². The Morgan fingerprint density at radius 3 is 2.56 bits per heavy atom. The summed E-state index contributed by atoms with van der Waals surface area (Å²) in [6.07, 6.45) is 0. The largest absolute Gasteiger partial charge is 0.310 e. The van der Waals surface area contributed by atoms with Gasteiger partial charge in [0.1, 0.15) is 28.6 Å². The lowest BCUT2D eigenvalue weighted by Gasteiger charge is -2.13. The lowest BCUT2D eigenvalue weighted by atomic mass is 10.2. The Morgan fingerprint density at radius 1 is 1.12 bits per heavy atom. The number of rotatable bonds is 5. The Bertz CT molecular complexity index is 1370. The van der Waals surface area contributed by atoms with Crippen LogP contribution in [0.3, 0.4) is 0 Å². The minimum atomic E-state index is -0.356. The number of benzene rings is 2. The third-order valence-electron chi connectivity index (χ3n) is 5.19. The van der Waals surface area contributed by atoms with E-state index >= 15 is 0 Å². The minimum absolute atomic E-state index is 0.109. The highest BCUT2D eigenvalue weighted by atomic mass is 32.2. The Hall–Kier alpha value is -3.70. The van der Waals surface area contributed by atoms with E-state index in [1.165, 1.54) is 23.9 Å². The maximum atomic E-state index is 13.4. The molecule has 0 saturated carbocycles. The molecular formula is C24H20FN5OS. The van der Waals surface area contributed by atoms with Crippen molar-refractivity contribution < 1.29 is 9.18 Å². The van der Waals surface area contributed by atoms with Gasteiger partial charge in [0.25, 0.3) is 0 Å². The van der Waals surface area contributed by atoms with Crippen molar-refractivity contribution in [2.75, 3.05) is 11.1 Å². The van der Waals surface area contributed by atoms with Crippen molar-refractivity contribution in [3.63, 3.8) is 0 Å². The van der Waals surface area contributed by atoms with E-state index < -0.39 is 0 Å². The van der Waals surface area contributed by atoms with Crippen LogP contribution in [-0.2, 0) is 4.79 Å². The molecule has 4 aromatic rings. The number of nitrogens with zero attached hydrogens (tertiary/aromatic N) is 4. The van der Waals surface area contributed by atoms with Crippen LogP contribution in [0.5, 0.6) is 0 Å². The number of nitrogens with one attached hydrogen (secondary N) is 1. The summed E-state index contributed by atoms with van der Waals surface area (Å²) < 4.78 is 15.2. The van der Waals surface area contributed by atoms with Crippen molar-refractivity contribution in [1.82, 2.24) is 14.5 Å². The molecule has 2 heterocycles. The second kappa shape index (κ2) is 8.81. The summed E-state index contributed by atoms with van der Waals surface area (Å²) in [5.74, 6) is 0.494. The number of anilines is 1. The summed E-state index contributed by atoms with van der Waals surface area (Å²) in [6.45, 7) is 5.50. The Morgan fingerprint density at radius 2 is 1.84 bits per heavy atom. The van der Waals surface area contributed by atoms with Crippen LogP contribution in [0, 0.1) is 37.9 Å². The van der Waals surface area contributed by atoms with Crippen LogP contribution in [-0.4, -0.2) is 26.2 Å². The summed E-state index contributed by atoms with van der Waals surface area (Å²) in [7, 11) is 0. The molecule has 0 radical (unpaired) electrons. The van der Waals surface area contributed by atoms with Crippen molar-refractivity contribution >= 4 is 34.4 Å². The second-order valence-electron chi connectivity index (χ2n) is 7.29. The number of para-hydroxylation sites is 1. The first-order valence-electron chi connectivity index (χ1n) is 9.93. The molecular weight excluding hydrogens is 425 g/mol. The number of carbonyl (C=O) groups is 1. The highest BCUT2D eigenvalue weighted by Gasteiger charge is 2.21. The molecule has 0 aliphatic heterocycles. The van der Waals surface area contributed by atoms with E-state index in [-0.39, 0.29) is 17.5 Å². The molecule has 4 rings (SSSR count). The summed E-state index contributed by atoms with van der Waals surface area (Å²) in [5, 5.41) is 14.2. The molecule has 0 aliphatic rings. The molecule has 1 N–H and O–H groups in total. The lowest BCUT2D eigenvalue weighted by Crippen LogP contribution is -2.18. The van der Waals surface area contributed by atoms with Gasteiger partial charge in [0.15, 0.2) is 0 Å². The van der Waals surface area contributed by atoms with Crippen LogP contribution in [0.1, 0.15) is 22.6 Å². The molecule has 0 fully saturated rings. The van der Waals surface area contributed by atoms with Gasteiger partial charge in [0.2, 0.25) is 5.91 Å². The third kappa shape index (κ3) is 4.07. The van der Waals surface area contributed by atoms with E-state index in [9.17, 15) is 14.4 Å². The van der Waals surface area contributed by atoms with Crippen LogP contribution < -0.4 is 5.32 Å². The maximum Gasteiger partial charge on any atom is 0.235 e. The van der Waals surface area contributed by atoms with Crippen molar-refractivity contribution in [1.29, 1.82) is 5.26 Å². The number of fused-ring (bicyclic) bond motifs is 1. The van der Waals surface area contributed by atoms with E-state index in [0.29, 0.717) is 22.9 Å². The third-order valence-corrected chi connectivity index (χ3v) is 6.18. The number of aryl methyl sites for hydroxylation is 1. The normalized spacial score (nSPS) is 10.8. The SMILES string of the molecule is Cc1nc(SCC(=O)Nc2c(C#N)c(C)c(C)n2-c2ccc(F)cc2)c2ccccc2n1. The summed E-state index contributed by atoms with van der Waals surface area (Å²) in [5.41, 5.74) is 3.43. The number of aromatic nitrogens is 3. The van der Waals surface area contributed by atoms with Gasteiger partial charge in [0.05, 0.1) is 16.8 Å². The first kappa shape index (κ1) is 21.5. The van der Waals surface area contributed by atoms with Gasteiger partial charge in [-0.2, -0.15) is 5.26 Å². The van der Waals surface area contributed by atoms with Crippen LogP contribution in [0.2, 0.25) is 0 Å². The van der Waals surface area contributed by atoms with Gasteiger partial charge in [-0.3, -0.25) is 9.36 Å². The lowest BCUT2D eigenvalue weighted by molar-refractivity contribution is -0.113. The van der Waals surface area contributed by atoms with Crippen LogP contribution >= 0.6 is 11.8 Å². The average molecular weight is 446 g/mol. The zero-order valence-corrected chi connectivity index (χ0v) is 18.6. The molecule has 0 atom stereocenters. The Kier molecular flexibility index (Phi) is 5.93. The van der Waals surface area contributed by atoms with Crippen molar-refractivity contribution in [2.45, 2.75) is 25.8 Å². The summed E-state index contributed by atoms with van der Waals surface area (Å²) >= 11 is 1.31. The molecule has 2 aromatic heterocycles. The predicted molar refractivity (Wildman–Crippen MR) is 124 cm³/mol.